The van der Waals surface area contributed by atoms with Gasteiger partial charge in [-0.1, -0.05) is 6.07 Å². The molecule has 130 valence electrons. The summed E-state index contributed by atoms with van der Waals surface area (Å²) >= 11 is 0. The van der Waals surface area contributed by atoms with E-state index < -0.39 is 29.2 Å². The molecular formula is C17H21NO6. The van der Waals surface area contributed by atoms with Crippen LogP contribution in [-0.4, -0.2) is 29.6 Å². The normalized spacial score (nSPS) is 12.9. The van der Waals surface area contributed by atoms with Crippen LogP contribution in [0.1, 0.15) is 31.9 Å². The average molecular weight is 335 g/mol. The number of nitrogens with one attached hydrogen (secondary N) is 1. The third-order valence-electron chi connectivity index (χ3n) is 3.41. The number of carbonyl (C=O) groups excluding carboxylic acids is 2. The summed E-state index contributed by atoms with van der Waals surface area (Å²) in [6.45, 7) is 6.98. The molecule has 0 unspecified atom stereocenters. The summed E-state index contributed by atoms with van der Waals surface area (Å²) in [7, 11) is 1.22. The number of ether oxygens (including phenoxy) is 2. The maximum atomic E-state index is 12.3. The van der Waals surface area contributed by atoms with Crippen molar-refractivity contribution < 1.29 is 23.5 Å². The number of methoxy groups -OCH3 is 1. The van der Waals surface area contributed by atoms with E-state index in [4.69, 9.17) is 13.9 Å². The van der Waals surface area contributed by atoms with Crippen molar-refractivity contribution in [2.24, 2.45) is 5.92 Å². The van der Waals surface area contributed by atoms with Gasteiger partial charge in [-0.25, -0.2) is 4.79 Å². The van der Waals surface area contributed by atoms with Gasteiger partial charge in [-0.05, 0) is 51.3 Å². The molecule has 7 nitrogen and oxygen atoms in total. The Labute approximate surface area is 138 Å². The highest BCUT2D eigenvalue weighted by Crippen LogP contribution is 2.22. The molecule has 0 amide bonds. The monoisotopic (exact) mass is 335 g/mol. The van der Waals surface area contributed by atoms with E-state index in [1.165, 1.54) is 7.11 Å². The predicted molar refractivity (Wildman–Crippen MR) is 86.6 cm³/mol. The van der Waals surface area contributed by atoms with Gasteiger partial charge in [0, 0.05) is 0 Å². The van der Waals surface area contributed by atoms with Gasteiger partial charge in [-0.15, -0.1) is 0 Å². The lowest BCUT2D eigenvalue weighted by Crippen LogP contribution is -2.34. The second kappa shape index (κ2) is 6.51. The molecule has 1 heterocycles. The van der Waals surface area contributed by atoms with E-state index in [2.05, 4.69) is 4.98 Å². The van der Waals surface area contributed by atoms with Crippen LogP contribution in [0.4, 0.5) is 0 Å². The van der Waals surface area contributed by atoms with Gasteiger partial charge in [0.1, 0.15) is 5.60 Å². The van der Waals surface area contributed by atoms with Crippen molar-refractivity contribution in [3.63, 3.8) is 0 Å². The predicted octanol–water partition coefficient (Wildman–Crippen LogP) is 2.10. The molecule has 1 atom stereocenters. The number of aromatic nitrogens is 1. The number of benzene rings is 1. The van der Waals surface area contributed by atoms with Crippen LogP contribution in [0.2, 0.25) is 0 Å². The van der Waals surface area contributed by atoms with Gasteiger partial charge in [0.05, 0.1) is 12.6 Å². The van der Waals surface area contributed by atoms with Crippen LogP contribution in [0.25, 0.3) is 11.1 Å². The highest BCUT2D eigenvalue weighted by molar-refractivity contribution is 5.95. The number of fused-ring (bicyclic) bond motifs is 1. The Balaban J connectivity index is 2.34. The van der Waals surface area contributed by atoms with Crippen LogP contribution in [0.5, 0.6) is 0 Å². The summed E-state index contributed by atoms with van der Waals surface area (Å²) in [4.78, 5) is 38.2. The zero-order chi connectivity index (χ0) is 18.1. The molecule has 1 N–H and O–H groups in total. The van der Waals surface area contributed by atoms with Crippen LogP contribution >= 0.6 is 0 Å². The SMILES string of the molecule is COC(=O)[C@@H](Cc1cc(C)c2[nH]c(=O)oc2c1)C(=O)OC(C)(C)C. The first-order valence-corrected chi connectivity index (χ1v) is 7.54. The smallest absolute Gasteiger partial charge is 0.417 e. The van der Waals surface area contributed by atoms with Gasteiger partial charge in [0.25, 0.3) is 0 Å². The number of rotatable bonds is 4. The Morgan fingerprint density at radius 1 is 1.25 bits per heavy atom. The van der Waals surface area contributed by atoms with Crippen LogP contribution in [0, 0.1) is 12.8 Å². The summed E-state index contributed by atoms with van der Waals surface area (Å²) < 4.78 is 15.1. The van der Waals surface area contributed by atoms with Crippen molar-refractivity contribution in [1.82, 2.24) is 4.98 Å². The van der Waals surface area contributed by atoms with Crippen molar-refractivity contribution in [1.29, 1.82) is 0 Å². The van der Waals surface area contributed by atoms with Crippen molar-refractivity contribution in [3.05, 3.63) is 33.8 Å². The van der Waals surface area contributed by atoms with Gasteiger partial charge in [0.2, 0.25) is 0 Å². The fraction of sp³-hybridized carbons (Fsp3) is 0.471. The molecule has 2 aromatic rings. The highest BCUT2D eigenvalue weighted by Gasteiger charge is 2.32. The minimum Gasteiger partial charge on any atom is -0.468 e. The largest absolute Gasteiger partial charge is 0.468 e. The Bertz CT molecular complexity index is 824. The number of hydrogen-bond donors (Lipinski definition) is 1. The fourth-order valence-electron chi connectivity index (χ4n) is 2.43. The maximum absolute atomic E-state index is 12.3. The molecule has 0 aliphatic heterocycles. The number of H-pyrrole nitrogens is 1. The second-order valence-electron chi connectivity index (χ2n) is 6.61. The Hall–Kier alpha value is -2.57. The number of hydrogen-bond acceptors (Lipinski definition) is 6. The molecule has 0 aliphatic carbocycles. The summed E-state index contributed by atoms with van der Waals surface area (Å²) in [6, 6.07) is 3.41. The van der Waals surface area contributed by atoms with Crippen molar-refractivity contribution >= 4 is 23.0 Å². The minimum absolute atomic E-state index is 0.0905. The third kappa shape index (κ3) is 4.04. The first-order valence-electron chi connectivity index (χ1n) is 7.54. The molecule has 0 spiro atoms. The van der Waals surface area contributed by atoms with Gasteiger partial charge in [-0.3, -0.25) is 14.6 Å². The molecule has 7 heteroatoms. The molecule has 1 aromatic carbocycles. The summed E-state index contributed by atoms with van der Waals surface area (Å²) in [6.07, 6.45) is 0.0905. The lowest BCUT2D eigenvalue weighted by Gasteiger charge is -2.23. The fourth-order valence-corrected chi connectivity index (χ4v) is 2.43. The topological polar surface area (TPSA) is 98.6 Å². The molecule has 0 saturated carbocycles. The van der Waals surface area contributed by atoms with E-state index in [-0.39, 0.29) is 6.42 Å². The molecule has 24 heavy (non-hydrogen) atoms. The van der Waals surface area contributed by atoms with E-state index >= 15 is 0 Å². The molecule has 1 aromatic heterocycles. The van der Waals surface area contributed by atoms with Gasteiger partial charge < -0.3 is 13.9 Å². The number of aryl methyl sites for hydroxylation is 1. The Morgan fingerprint density at radius 3 is 2.50 bits per heavy atom. The number of esters is 2. The zero-order valence-electron chi connectivity index (χ0n) is 14.4. The van der Waals surface area contributed by atoms with Crippen LogP contribution in [0.15, 0.2) is 21.3 Å². The Kier molecular flexibility index (Phi) is 4.82. The van der Waals surface area contributed by atoms with Crippen molar-refractivity contribution in [3.8, 4) is 0 Å². The van der Waals surface area contributed by atoms with Gasteiger partial charge in [0.15, 0.2) is 11.5 Å². The van der Waals surface area contributed by atoms with Crippen LogP contribution in [-0.2, 0) is 25.5 Å². The van der Waals surface area contributed by atoms with E-state index in [1.54, 1.807) is 39.8 Å². The molecule has 0 radical (unpaired) electrons. The molecule has 0 bridgehead atoms. The lowest BCUT2D eigenvalue weighted by molar-refractivity contribution is -0.168. The van der Waals surface area contributed by atoms with Crippen LogP contribution < -0.4 is 5.76 Å². The van der Waals surface area contributed by atoms with Crippen molar-refractivity contribution in [2.45, 2.75) is 39.7 Å². The summed E-state index contributed by atoms with van der Waals surface area (Å²) in [5, 5.41) is 0. The van der Waals surface area contributed by atoms with Gasteiger partial charge >= 0.3 is 17.7 Å². The molecule has 0 saturated heterocycles. The molecular weight excluding hydrogens is 314 g/mol. The number of oxazole rings is 1. The molecule has 0 aliphatic rings. The summed E-state index contributed by atoms with van der Waals surface area (Å²) in [5.74, 6) is -2.96. The van der Waals surface area contributed by atoms with E-state index in [0.29, 0.717) is 16.7 Å². The quantitative estimate of drug-likeness (QED) is 0.678. The van der Waals surface area contributed by atoms with Crippen LogP contribution in [0.3, 0.4) is 0 Å². The number of carbonyl (C=O) groups is 2. The van der Waals surface area contributed by atoms with Crippen molar-refractivity contribution in [2.75, 3.05) is 7.11 Å². The maximum Gasteiger partial charge on any atom is 0.417 e. The Morgan fingerprint density at radius 2 is 1.92 bits per heavy atom. The summed E-state index contributed by atoms with van der Waals surface area (Å²) in [5.41, 5.74) is 1.71. The van der Waals surface area contributed by atoms with Gasteiger partial charge in [-0.2, -0.15) is 0 Å². The molecule has 0 fully saturated rings. The second-order valence-corrected chi connectivity index (χ2v) is 6.61. The van der Waals surface area contributed by atoms with E-state index in [0.717, 1.165) is 5.56 Å². The third-order valence-corrected chi connectivity index (χ3v) is 3.41. The highest BCUT2D eigenvalue weighted by atomic mass is 16.6. The minimum atomic E-state index is -1.09. The number of aromatic amines is 1. The van der Waals surface area contributed by atoms with E-state index in [1.807, 2.05) is 0 Å². The molecule has 2 rings (SSSR count). The first kappa shape index (κ1) is 17.8. The van der Waals surface area contributed by atoms with E-state index in [9.17, 15) is 14.4 Å². The standard InChI is InChI=1S/C17H21NO6/c1-9-6-10(8-12-13(9)18-16(21)23-12)7-11(14(19)22-5)15(20)24-17(2,3)4/h6,8,11H,7H2,1-5H3,(H,18,21)/t11-/m1/s1. The average Bonchev–Trinajstić information content (AvgIpc) is 2.83. The zero-order valence-corrected chi connectivity index (χ0v) is 14.4. The lowest BCUT2D eigenvalue weighted by atomic mass is 9.97. The first-order chi connectivity index (χ1) is 11.1.